The fourth-order valence-electron chi connectivity index (χ4n) is 0.828. The van der Waals surface area contributed by atoms with E-state index in [-0.39, 0.29) is 5.69 Å². The first-order valence-electron chi connectivity index (χ1n) is 3.73. The van der Waals surface area contributed by atoms with Crippen molar-refractivity contribution in [3.05, 3.63) is 22.9 Å². The third kappa shape index (κ3) is 3.84. The molecule has 6 nitrogen and oxygen atoms in total. The summed E-state index contributed by atoms with van der Waals surface area (Å²) in [6.07, 6.45) is 1.47. The van der Waals surface area contributed by atoms with Gasteiger partial charge in [0.15, 0.2) is 5.75 Å². The van der Waals surface area contributed by atoms with Gasteiger partial charge in [-0.2, -0.15) is 0 Å². The fraction of sp³-hybridized carbons (Fsp3) is 0.143. The molecule has 1 aromatic rings. The Balaban J connectivity index is 2.87. The van der Waals surface area contributed by atoms with Crippen LogP contribution >= 0.6 is 15.9 Å². The second-order valence-electron chi connectivity index (χ2n) is 2.60. The Morgan fingerprint density at radius 2 is 2.27 bits per heavy atom. The van der Waals surface area contributed by atoms with Crippen molar-refractivity contribution in [1.29, 1.82) is 0 Å². The van der Waals surface area contributed by atoms with E-state index < -0.39 is 21.7 Å². The molecule has 0 atom stereocenters. The Kier molecular flexibility index (Phi) is 3.64. The number of aromatic nitrogens is 1. The molecule has 15 heavy (non-hydrogen) atoms. The van der Waals surface area contributed by atoms with E-state index in [2.05, 4.69) is 25.6 Å². The lowest BCUT2D eigenvalue weighted by Gasteiger charge is -2.06. The minimum absolute atomic E-state index is 0.207. The van der Waals surface area contributed by atoms with Gasteiger partial charge in [-0.05, 0) is 28.1 Å². The van der Waals surface area contributed by atoms with Gasteiger partial charge in [0.05, 0.1) is 5.69 Å². The monoisotopic (exact) mass is 294 g/mol. The minimum Gasteiger partial charge on any atom is -0.480 e. The Morgan fingerprint density at radius 1 is 1.60 bits per heavy atom. The number of nitrogens with zero attached hydrogens (tertiary/aromatic N) is 1. The summed E-state index contributed by atoms with van der Waals surface area (Å²) in [5, 5.41) is 8.35. The largest absolute Gasteiger partial charge is 0.480 e. The molecule has 0 saturated carbocycles. The number of carboxylic acids is 1. The van der Waals surface area contributed by atoms with Crippen LogP contribution in [0.25, 0.3) is 0 Å². The SMILES string of the molecule is O=C(O)CS(=O)(=O)Nc1cccnc1Br. The van der Waals surface area contributed by atoms with Crippen molar-refractivity contribution in [2.24, 2.45) is 0 Å². The van der Waals surface area contributed by atoms with Gasteiger partial charge in [-0.3, -0.25) is 9.52 Å². The normalized spacial score (nSPS) is 11.0. The van der Waals surface area contributed by atoms with Crippen molar-refractivity contribution >= 4 is 37.6 Å². The summed E-state index contributed by atoms with van der Waals surface area (Å²) in [6, 6.07) is 3.00. The molecule has 0 aliphatic carbocycles. The maximum absolute atomic E-state index is 11.2. The van der Waals surface area contributed by atoms with Crippen LogP contribution in [0.15, 0.2) is 22.9 Å². The predicted molar refractivity (Wildman–Crippen MR) is 57.0 cm³/mol. The van der Waals surface area contributed by atoms with Crippen LogP contribution in [0, 0.1) is 0 Å². The maximum atomic E-state index is 11.2. The van der Waals surface area contributed by atoms with Gasteiger partial charge in [-0.15, -0.1) is 0 Å². The summed E-state index contributed by atoms with van der Waals surface area (Å²) in [7, 11) is -3.88. The molecule has 0 fully saturated rings. The summed E-state index contributed by atoms with van der Waals surface area (Å²) >= 11 is 3.03. The van der Waals surface area contributed by atoms with Crippen LogP contribution in [-0.4, -0.2) is 30.2 Å². The van der Waals surface area contributed by atoms with Gasteiger partial charge in [0, 0.05) is 6.20 Å². The first kappa shape index (κ1) is 11.9. The van der Waals surface area contributed by atoms with Gasteiger partial charge >= 0.3 is 5.97 Å². The van der Waals surface area contributed by atoms with Gasteiger partial charge in [-0.1, -0.05) is 0 Å². The van der Waals surface area contributed by atoms with Crippen LogP contribution in [0.4, 0.5) is 5.69 Å². The number of sulfonamides is 1. The lowest BCUT2D eigenvalue weighted by atomic mass is 10.4. The second kappa shape index (κ2) is 4.58. The molecule has 82 valence electrons. The van der Waals surface area contributed by atoms with Crippen molar-refractivity contribution in [3.8, 4) is 0 Å². The van der Waals surface area contributed by atoms with E-state index in [9.17, 15) is 13.2 Å². The number of nitrogens with one attached hydrogen (secondary N) is 1. The van der Waals surface area contributed by atoms with Crippen molar-refractivity contribution in [2.75, 3.05) is 10.5 Å². The highest BCUT2D eigenvalue weighted by atomic mass is 79.9. The average Bonchev–Trinajstić information content (AvgIpc) is 2.06. The molecule has 1 aromatic heterocycles. The maximum Gasteiger partial charge on any atom is 0.320 e. The third-order valence-corrected chi connectivity index (χ3v) is 3.13. The number of anilines is 1. The molecular weight excluding hydrogens is 288 g/mol. The zero-order valence-electron chi connectivity index (χ0n) is 7.34. The number of carboxylic acid groups (broad SMARTS) is 1. The molecule has 0 aliphatic heterocycles. The summed E-state index contributed by atoms with van der Waals surface area (Å²) in [5.41, 5.74) is 0.207. The smallest absolute Gasteiger partial charge is 0.320 e. The average molecular weight is 295 g/mol. The number of aliphatic carboxylic acids is 1. The van der Waals surface area contributed by atoms with Gasteiger partial charge in [0.25, 0.3) is 0 Å². The molecule has 1 heterocycles. The topological polar surface area (TPSA) is 96.4 Å². The molecular formula is C7H7BrN2O4S. The number of halogens is 1. The molecule has 2 N–H and O–H groups in total. The first-order chi connectivity index (χ1) is 6.91. The van der Waals surface area contributed by atoms with E-state index in [1.807, 2.05) is 0 Å². The zero-order chi connectivity index (χ0) is 11.5. The van der Waals surface area contributed by atoms with E-state index in [1.54, 1.807) is 0 Å². The summed E-state index contributed by atoms with van der Waals surface area (Å²) in [6.45, 7) is 0. The Morgan fingerprint density at radius 3 is 2.80 bits per heavy atom. The lowest BCUT2D eigenvalue weighted by Crippen LogP contribution is -2.22. The standard InChI is InChI=1S/C7H7BrN2O4S/c8-7-5(2-1-3-9-7)10-15(13,14)4-6(11)12/h1-3,10H,4H2,(H,11,12). The molecule has 0 radical (unpaired) electrons. The highest BCUT2D eigenvalue weighted by molar-refractivity contribution is 9.10. The minimum atomic E-state index is -3.88. The zero-order valence-corrected chi connectivity index (χ0v) is 9.75. The van der Waals surface area contributed by atoms with Crippen molar-refractivity contribution in [2.45, 2.75) is 0 Å². The quantitative estimate of drug-likeness (QED) is 0.796. The number of carbonyl (C=O) groups is 1. The molecule has 0 aromatic carbocycles. The molecule has 0 aliphatic rings. The van der Waals surface area contributed by atoms with Crippen molar-refractivity contribution < 1.29 is 18.3 Å². The van der Waals surface area contributed by atoms with Gasteiger partial charge < -0.3 is 5.11 Å². The predicted octanol–water partition coefficient (Wildman–Crippen LogP) is 0.670. The van der Waals surface area contributed by atoms with E-state index >= 15 is 0 Å². The highest BCUT2D eigenvalue weighted by Gasteiger charge is 2.16. The lowest BCUT2D eigenvalue weighted by molar-refractivity contribution is -0.134. The molecule has 0 bridgehead atoms. The molecule has 0 amide bonds. The summed E-state index contributed by atoms with van der Waals surface area (Å²) in [4.78, 5) is 14.0. The molecule has 0 spiro atoms. The third-order valence-electron chi connectivity index (χ3n) is 1.34. The van der Waals surface area contributed by atoms with Crippen molar-refractivity contribution in [1.82, 2.24) is 4.98 Å². The van der Waals surface area contributed by atoms with Crippen LogP contribution in [0.2, 0.25) is 0 Å². The van der Waals surface area contributed by atoms with Gasteiger partial charge in [0.1, 0.15) is 4.60 Å². The van der Waals surface area contributed by atoms with Crippen LogP contribution in [-0.2, 0) is 14.8 Å². The highest BCUT2D eigenvalue weighted by Crippen LogP contribution is 2.19. The Bertz CT molecular complexity index is 474. The van der Waals surface area contributed by atoms with E-state index in [0.717, 1.165) is 0 Å². The number of hydrogen-bond acceptors (Lipinski definition) is 4. The van der Waals surface area contributed by atoms with Gasteiger partial charge in [-0.25, -0.2) is 13.4 Å². The second-order valence-corrected chi connectivity index (χ2v) is 5.07. The van der Waals surface area contributed by atoms with E-state index in [1.165, 1.54) is 18.3 Å². The fourth-order valence-corrected chi connectivity index (χ4v) is 2.21. The number of pyridine rings is 1. The molecule has 8 heteroatoms. The summed E-state index contributed by atoms with van der Waals surface area (Å²) in [5.74, 6) is -2.39. The van der Waals surface area contributed by atoms with Crippen molar-refractivity contribution in [3.63, 3.8) is 0 Å². The number of rotatable bonds is 4. The van der Waals surface area contributed by atoms with Crippen LogP contribution in [0.3, 0.4) is 0 Å². The Hall–Kier alpha value is -1.15. The molecule has 0 unspecified atom stereocenters. The van der Waals surface area contributed by atoms with Crippen LogP contribution in [0.1, 0.15) is 0 Å². The molecule has 1 rings (SSSR count). The van der Waals surface area contributed by atoms with Crippen LogP contribution < -0.4 is 4.72 Å². The van der Waals surface area contributed by atoms with Gasteiger partial charge in [0.2, 0.25) is 10.0 Å². The first-order valence-corrected chi connectivity index (χ1v) is 6.18. The molecule has 0 saturated heterocycles. The van der Waals surface area contributed by atoms with E-state index in [0.29, 0.717) is 4.60 Å². The number of hydrogen-bond donors (Lipinski definition) is 2. The summed E-state index contributed by atoms with van der Waals surface area (Å²) < 4.78 is 24.8. The Labute approximate surface area is 94.5 Å². The van der Waals surface area contributed by atoms with Crippen LogP contribution in [0.5, 0.6) is 0 Å². The van der Waals surface area contributed by atoms with E-state index in [4.69, 9.17) is 5.11 Å².